The summed E-state index contributed by atoms with van der Waals surface area (Å²) in [6, 6.07) is 12.2. The van der Waals surface area contributed by atoms with Crippen LogP contribution in [0.5, 0.6) is 11.6 Å². The second-order valence-electron chi connectivity index (χ2n) is 7.05. The van der Waals surface area contributed by atoms with E-state index in [1.807, 2.05) is 0 Å². The highest BCUT2D eigenvalue weighted by molar-refractivity contribution is 5.76. The number of hydrogen-bond donors (Lipinski definition) is 1. The van der Waals surface area contributed by atoms with Gasteiger partial charge in [-0.05, 0) is 30.3 Å². The van der Waals surface area contributed by atoms with E-state index in [1.54, 1.807) is 18.2 Å². The summed E-state index contributed by atoms with van der Waals surface area (Å²) in [6.07, 6.45) is 3.12. The van der Waals surface area contributed by atoms with Gasteiger partial charge < -0.3 is 14.5 Å². The van der Waals surface area contributed by atoms with Crippen LogP contribution >= 0.6 is 0 Å². The number of aromatic nitrogens is 2. The van der Waals surface area contributed by atoms with Crippen molar-refractivity contribution in [3.63, 3.8) is 0 Å². The zero-order valence-corrected chi connectivity index (χ0v) is 17.2. The molecule has 2 aromatic heterocycles. The molecule has 9 heteroatoms. The summed E-state index contributed by atoms with van der Waals surface area (Å²) in [5, 5.41) is 2.76. The second-order valence-corrected chi connectivity index (χ2v) is 7.05. The summed E-state index contributed by atoms with van der Waals surface area (Å²) < 4.78 is 51.4. The highest BCUT2D eigenvalue weighted by Crippen LogP contribution is 2.25. The Morgan fingerprint density at radius 2 is 1.85 bits per heavy atom. The van der Waals surface area contributed by atoms with Gasteiger partial charge in [0.25, 0.3) is 0 Å². The molecule has 2 aromatic carbocycles. The summed E-state index contributed by atoms with van der Waals surface area (Å²) in [4.78, 5) is 20.5. The lowest BCUT2D eigenvalue weighted by atomic mass is 10.2. The minimum absolute atomic E-state index is 0.0756. The highest BCUT2D eigenvalue weighted by atomic mass is 19.1. The monoisotopic (exact) mass is 453 g/mol. The number of oxazole rings is 1. The Labute approximate surface area is 187 Å². The molecule has 0 unspecified atom stereocenters. The maximum absolute atomic E-state index is 13.9. The van der Waals surface area contributed by atoms with Crippen LogP contribution in [0.25, 0.3) is 11.3 Å². The molecule has 4 rings (SSSR count). The third-order valence-electron chi connectivity index (χ3n) is 4.65. The standard InChI is InChI=1S/C24H18F3N3O3/c25-16-4-1-5-18(11-16)32-24-15(3-2-10-28-24)13-29-22(31)8-9-23-30-14-21(33-23)19-7-6-17(26)12-20(19)27/h1-7,10-12,14H,8-9,13H2,(H,29,31). The summed E-state index contributed by atoms with van der Waals surface area (Å²) >= 11 is 0. The molecule has 168 valence electrons. The van der Waals surface area contributed by atoms with Gasteiger partial charge in [-0.2, -0.15) is 0 Å². The van der Waals surface area contributed by atoms with Gasteiger partial charge in [0.15, 0.2) is 11.7 Å². The van der Waals surface area contributed by atoms with Gasteiger partial charge in [-0.25, -0.2) is 23.1 Å². The SMILES string of the molecule is O=C(CCc1ncc(-c2ccc(F)cc2F)o1)NCc1cccnc1Oc1cccc(F)c1. The fourth-order valence-corrected chi connectivity index (χ4v) is 3.03. The largest absolute Gasteiger partial charge is 0.441 e. The summed E-state index contributed by atoms with van der Waals surface area (Å²) in [7, 11) is 0. The zero-order chi connectivity index (χ0) is 23.2. The van der Waals surface area contributed by atoms with Gasteiger partial charge in [-0.1, -0.05) is 12.1 Å². The van der Waals surface area contributed by atoms with E-state index in [-0.39, 0.29) is 48.4 Å². The van der Waals surface area contributed by atoms with E-state index < -0.39 is 17.5 Å². The Balaban J connectivity index is 1.32. The van der Waals surface area contributed by atoms with E-state index >= 15 is 0 Å². The number of hydrogen-bond acceptors (Lipinski definition) is 5. The van der Waals surface area contributed by atoms with Crippen LogP contribution in [-0.2, 0) is 17.8 Å². The Kier molecular flexibility index (Phi) is 6.68. The van der Waals surface area contributed by atoms with Crippen molar-refractivity contribution in [2.45, 2.75) is 19.4 Å². The molecule has 0 bridgehead atoms. The quantitative estimate of drug-likeness (QED) is 0.397. The van der Waals surface area contributed by atoms with E-state index in [1.165, 1.54) is 36.7 Å². The molecule has 0 spiro atoms. The lowest BCUT2D eigenvalue weighted by Crippen LogP contribution is -2.23. The van der Waals surface area contributed by atoms with Gasteiger partial charge in [-0.3, -0.25) is 4.79 Å². The van der Waals surface area contributed by atoms with Crippen molar-refractivity contribution in [3.05, 3.63) is 95.9 Å². The zero-order valence-electron chi connectivity index (χ0n) is 17.2. The fourth-order valence-electron chi connectivity index (χ4n) is 3.03. The first kappa shape index (κ1) is 22.1. The predicted molar refractivity (Wildman–Crippen MR) is 113 cm³/mol. The highest BCUT2D eigenvalue weighted by Gasteiger charge is 2.14. The summed E-state index contributed by atoms with van der Waals surface area (Å²) in [5.74, 6) is -1.22. The average Bonchev–Trinajstić information content (AvgIpc) is 3.26. The Bertz CT molecular complexity index is 1280. The minimum Gasteiger partial charge on any atom is -0.441 e. The molecular weight excluding hydrogens is 435 g/mol. The van der Waals surface area contributed by atoms with Gasteiger partial charge in [0.05, 0.1) is 11.8 Å². The third kappa shape index (κ3) is 5.76. The molecule has 0 saturated heterocycles. The molecule has 0 aliphatic carbocycles. The van der Waals surface area contributed by atoms with E-state index in [9.17, 15) is 18.0 Å². The van der Waals surface area contributed by atoms with E-state index in [2.05, 4.69) is 15.3 Å². The van der Waals surface area contributed by atoms with Gasteiger partial charge in [0, 0.05) is 43.3 Å². The Morgan fingerprint density at radius 3 is 2.67 bits per heavy atom. The lowest BCUT2D eigenvalue weighted by molar-refractivity contribution is -0.121. The first-order chi connectivity index (χ1) is 16.0. The molecule has 6 nitrogen and oxygen atoms in total. The van der Waals surface area contributed by atoms with Crippen LogP contribution in [0, 0.1) is 17.5 Å². The normalized spacial score (nSPS) is 10.8. The first-order valence-electron chi connectivity index (χ1n) is 10.0. The number of pyridine rings is 1. The van der Waals surface area contributed by atoms with Gasteiger partial charge in [0.2, 0.25) is 11.8 Å². The molecule has 0 saturated carbocycles. The lowest BCUT2D eigenvalue weighted by Gasteiger charge is -2.10. The number of carbonyl (C=O) groups is 1. The molecule has 0 aliphatic heterocycles. The molecule has 0 fully saturated rings. The van der Waals surface area contributed by atoms with Gasteiger partial charge in [0.1, 0.15) is 23.2 Å². The van der Waals surface area contributed by atoms with Crippen molar-refractivity contribution in [1.29, 1.82) is 0 Å². The van der Waals surface area contributed by atoms with Crippen molar-refractivity contribution in [2.75, 3.05) is 0 Å². The molecule has 1 N–H and O–H groups in total. The smallest absolute Gasteiger partial charge is 0.224 e. The van der Waals surface area contributed by atoms with Crippen molar-refractivity contribution < 1.29 is 27.1 Å². The van der Waals surface area contributed by atoms with Crippen molar-refractivity contribution in [2.24, 2.45) is 0 Å². The van der Waals surface area contributed by atoms with E-state index in [4.69, 9.17) is 9.15 Å². The molecule has 1 amide bonds. The molecule has 0 aliphatic rings. The maximum Gasteiger partial charge on any atom is 0.224 e. The van der Waals surface area contributed by atoms with Crippen LogP contribution in [0.15, 0.2) is 71.4 Å². The maximum atomic E-state index is 13.9. The molecule has 2 heterocycles. The van der Waals surface area contributed by atoms with Crippen molar-refractivity contribution in [3.8, 4) is 23.0 Å². The number of nitrogens with one attached hydrogen (secondary N) is 1. The van der Waals surface area contributed by atoms with Crippen LogP contribution < -0.4 is 10.1 Å². The number of nitrogens with zero attached hydrogens (tertiary/aromatic N) is 2. The van der Waals surface area contributed by atoms with E-state index in [0.717, 1.165) is 12.1 Å². The number of amides is 1. The summed E-state index contributed by atoms with van der Waals surface area (Å²) in [6.45, 7) is 0.148. The molecule has 0 atom stereocenters. The second kappa shape index (κ2) is 9.99. The number of rotatable bonds is 8. The molecule has 4 aromatic rings. The number of halogens is 3. The van der Waals surface area contributed by atoms with Crippen LogP contribution in [-0.4, -0.2) is 15.9 Å². The third-order valence-corrected chi connectivity index (χ3v) is 4.65. The Hall–Kier alpha value is -4.14. The first-order valence-corrected chi connectivity index (χ1v) is 10.0. The summed E-state index contributed by atoms with van der Waals surface area (Å²) in [5.41, 5.74) is 0.697. The average molecular weight is 453 g/mol. The predicted octanol–water partition coefficient (Wildman–Crippen LogP) is 5.20. The molecular formula is C24H18F3N3O3. The van der Waals surface area contributed by atoms with Crippen LogP contribution in [0.1, 0.15) is 17.9 Å². The van der Waals surface area contributed by atoms with E-state index in [0.29, 0.717) is 11.3 Å². The van der Waals surface area contributed by atoms with Crippen molar-refractivity contribution in [1.82, 2.24) is 15.3 Å². The number of ether oxygens (including phenoxy) is 1. The van der Waals surface area contributed by atoms with Crippen LogP contribution in [0.2, 0.25) is 0 Å². The molecule has 0 radical (unpaired) electrons. The minimum atomic E-state index is -0.761. The topological polar surface area (TPSA) is 77.3 Å². The van der Waals surface area contributed by atoms with Crippen LogP contribution in [0.4, 0.5) is 13.2 Å². The van der Waals surface area contributed by atoms with Gasteiger partial charge >= 0.3 is 0 Å². The fraction of sp³-hybridized carbons (Fsp3) is 0.125. The van der Waals surface area contributed by atoms with Gasteiger partial charge in [-0.15, -0.1) is 0 Å². The van der Waals surface area contributed by atoms with Crippen LogP contribution in [0.3, 0.4) is 0 Å². The molecule has 33 heavy (non-hydrogen) atoms. The van der Waals surface area contributed by atoms with Crippen molar-refractivity contribution >= 4 is 5.91 Å². The number of aryl methyl sites for hydroxylation is 1. The number of carbonyl (C=O) groups excluding carboxylic acids is 1. The number of benzene rings is 2. The Morgan fingerprint density at radius 1 is 1.00 bits per heavy atom.